The van der Waals surface area contributed by atoms with E-state index in [1.165, 1.54) is 18.2 Å². The van der Waals surface area contributed by atoms with Gasteiger partial charge in [0.15, 0.2) is 0 Å². The molecule has 0 aliphatic rings. The van der Waals surface area contributed by atoms with Gasteiger partial charge in [-0.2, -0.15) is 13.2 Å². The molecule has 116 valence electrons. The molecule has 4 N–H and O–H groups in total. The molecule has 2 aromatic rings. The Kier molecular flexibility index (Phi) is 4.18. The zero-order chi connectivity index (χ0) is 16.5. The summed E-state index contributed by atoms with van der Waals surface area (Å²) in [7, 11) is 0. The van der Waals surface area contributed by atoms with E-state index in [0.717, 1.165) is 18.2 Å². The summed E-state index contributed by atoms with van der Waals surface area (Å²) < 4.78 is 37.7. The van der Waals surface area contributed by atoms with Gasteiger partial charge in [0, 0.05) is 5.02 Å². The molecule has 0 spiro atoms. The first kappa shape index (κ1) is 16.0. The third-order valence-electron chi connectivity index (χ3n) is 2.86. The molecular formula is C14H10ClF3N2O2. The number of hydrogen-bond acceptors (Lipinski definition) is 3. The highest BCUT2D eigenvalue weighted by Crippen LogP contribution is 2.34. The Labute approximate surface area is 128 Å². The molecule has 0 aliphatic heterocycles. The van der Waals surface area contributed by atoms with Crippen molar-refractivity contribution in [3.8, 4) is 0 Å². The second kappa shape index (κ2) is 5.76. The molecule has 2 rings (SSSR count). The second-order valence-corrected chi connectivity index (χ2v) is 4.86. The maximum Gasteiger partial charge on any atom is 0.416 e. The summed E-state index contributed by atoms with van der Waals surface area (Å²) in [5, 5.41) is 12.1. The molecule has 0 aromatic heterocycles. The van der Waals surface area contributed by atoms with Gasteiger partial charge < -0.3 is 16.2 Å². The third kappa shape index (κ3) is 3.43. The molecule has 0 saturated carbocycles. The van der Waals surface area contributed by atoms with Crippen molar-refractivity contribution in [2.45, 2.75) is 6.18 Å². The standard InChI is InChI=1S/C14H10ClF3N2O2/c15-8-2-3-9(13(21)22)12(6-8)20-11-4-1-7(5-10(11)19)14(16,17)18/h1-6,20H,19H2,(H,21,22). The van der Waals surface area contributed by atoms with Crippen LogP contribution in [0.2, 0.25) is 5.02 Å². The molecule has 2 aromatic carbocycles. The van der Waals surface area contributed by atoms with E-state index in [-0.39, 0.29) is 27.6 Å². The number of aromatic carboxylic acids is 1. The lowest BCUT2D eigenvalue weighted by molar-refractivity contribution is -0.137. The molecule has 0 saturated heterocycles. The highest BCUT2D eigenvalue weighted by molar-refractivity contribution is 6.31. The van der Waals surface area contributed by atoms with Gasteiger partial charge in [0.05, 0.1) is 28.2 Å². The minimum atomic E-state index is -4.51. The van der Waals surface area contributed by atoms with E-state index in [1.807, 2.05) is 0 Å². The lowest BCUT2D eigenvalue weighted by atomic mass is 10.1. The number of hydrogen-bond donors (Lipinski definition) is 3. The Bertz CT molecular complexity index is 733. The molecule has 0 bridgehead atoms. The summed E-state index contributed by atoms with van der Waals surface area (Å²) in [5.41, 5.74) is 4.74. The fraction of sp³-hybridized carbons (Fsp3) is 0.0714. The maximum atomic E-state index is 12.6. The lowest BCUT2D eigenvalue weighted by Gasteiger charge is -2.14. The minimum Gasteiger partial charge on any atom is -0.478 e. The van der Waals surface area contributed by atoms with Gasteiger partial charge in [-0.15, -0.1) is 0 Å². The number of nitrogens with one attached hydrogen (secondary N) is 1. The van der Waals surface area contributed by atoms with Crippen LogP contribution in [0.1, 0.15) is 15.9 Å². The van der Waals surface area contributed by atoms with Gasteiger partial charge >= 0.3 is 12.1 Å². The Morgan fingerprint density at radius 1 is 1.14 bits per heavy atom. The minimum absolute atomic E-state index is 0.0799. The van der Waals surface area contributed by atoms with Crippen LogP contribution in [0.25, 0.3) is 0 Å². The summed E-state index contributed by atoms with van der Waals surface area (Å²) in [5.74, 6) is -1.20. The van der Waals surface area contributed by atoms with Crippen LogP contribution >= 0.6 is 11.6 Å². The van der Waals surface area contributed by atoms with Crippen molar-refractivity contribution >= 4 is 34.6 Å². The first-order valence-corrected chi connectivity index (χ1v) is 6.33. The number of carbonyl (C=O) groups is 1. The van der Waals surface area contributed by atoms with E-state index in [9.17, 15) is 18.0 Å². The molecule has 4 nitrogen and oxygen atoms in total. The average Bonchev–Trinajstić information content (AvgIpc) is 2.39. The zero-order valence-corrected chi connectivity index (χ0v) is 11.7. The Balaban J connectivity index is 2.40. The average molecular weight is 331 g/mol. The van der Waals surface area contributed by atoms with Crippen LogP contribution in [0, 0.1) is 0 Å². The molecular weight excluding hydrogens is 321 g/mol. The fourth-order valence-electron chi connectivity index (χ4n) is 1.80. The Hall–Kier alpha value is -2.41. The summed E-state index contributed by atoms with van der Waals surface area (Å²) in [4.78, 5) is 11.1. The maximum absolute atomic E-state index is 12.6. The van der Waals surface area contributed by atoms with E-state index < -0.39 is 17.7 Å². The smallest absolute Gasteiger partial charge is 0.416 e. The molecule has 0 radical (unpaired) electrons. The molecule has 0 atom stereocenters. The first-order chi connectivity index (χ1) is 10.2. The van der Waals surface area contributed by atoms with E-state index in [4.69, 9.17) is 22.4 Å². The quantitative estimate of drug-likeness (QED) is 0.730. The normalized spacial score (nSPS) is 11.3. The van der Waals surface area contributed by atoms with Gasteiger partial charge in [0.1, 0.15) is 0 Å². The van der Waals surface area contributed by atoms with Crippen molar-refractivity contribution in [1.29, 1.82) is 0 Å². The van der Waals surface area contributed by atoms with Crippen LogP contribution in [-0.2, 0) is 6.18 Å². The van der Waals surface area contributed by atoms with Gasteiger partial charge in [0.25, 0.3) is 0 Å². The Morgan fingerprint density at radius 2 is 1.82 bits per heavy atom. The zero-order valence-electron chi connectivity index (χ0n) is 10.9. The number of carboxylic acids is 1. The number of benzene rings is 2. The van der Waals surface area contributed by atoms with Crippen molar-refractivity contribution in [3.05, 3.63) is 52.5 Å². The van der Waals surface area contributed by atoms with E-state index in [1.54, 1.807) is 0 Å². The molecule has 0 heterocycles. The van der Waals surface area contributed by atoms with Crippen molar-refractivity contribution in [3.63, 3.8) is 0 Å². The van der Waals surface area contributed by atoms with Crippen LogP contribution < -0.4 is 11.1 Å². The monoisotopic (exact) mass is 330 g/mol. The summed E-state index contributed by atoms with van der Waals surface area (Å²) in [6.07, 6.45) is -4.51. The predicted molar refractivity (Wildman–Crippen MR) is 77.6 cm³/mol. The van der Waals surface area contributed by atoms with Crippen LogP contribution in [0.5, 0.6) is 0 Å². The highest BCUT2D eigenvalue weighted by Gasteiger charge is 2.30. The van der Waals surface area contributed by atoms with Crippen LogP contribution in [0.3, 0.4) is 0 Å². The second-order valence-electron chi connectivity index (χ2n) is 4.42. The van der Waals surface area contributed by atoms with Crippen molar-refractivity contribution in [2.24, 2.45) is 0 Å². The molecule has 0 aliphatic carbocycles. The molecule has 0 fully saturated rings. The van der Waals surface area contributed by atoms with Gasteiger partial charge in [0.2, 0.25) is 0 Å². The molecule has 0 unspecified atom stereocenters. The number of alkyl halides is 3. The van der Waals surface area contributed by atoms with E-state index in [0.29, 0.717) is 0 Å². The van der Waals surface area contributed by atoms with Gasteiger partial charge in [-0.1, -0.05) is 11.6 Å². The largest absolute Gasteiger partial charge is 0.478 e. The lowest BCUT2D eigenvalue weighted by Crippen LogP contribution is -2.08. The summed E-state index contributed by atoms with van der Waals surface area (Å²) >= 11 is 5.80. The molecule has 8 heteroatoms. The SMILES string of the molecule is Nc1cc(C(F)(F)F)ccc1Nc1cc(Cl)ccc1C(=O)O. The molecule has 0 amide bonds. The van der Waals surface area contributed by atoms with Crippen LogP contribution in [0.4, 0.5) is 30.2 Å². The first-order valence-electron chi connectivity index (χ1n) is 5.95. The van der Waals surface area contributed by atoms with Gasteiger partial charge in [-0.05, 0) is 36.4 Å². The van der Waals surface area contributed by atoms with Crippen molar-refractivity contribution in [2.75, 3.05) is 11.1 Å². The third-order valence-corrected chi connectivity index (χ3v) is 3.10. The fourth-order valence-corrected chi connectivity index (χ4v) is 1.98. The predicted octanol–water partition coefficient (Wildman–Crippen LogP) is 4.38. The number of nitrogens with two attached hydrogens (primary N) is 1. The number of anilines is 3. The van der Waals surface area contributed by atoms with E-state index in [2.05, 4.69) is 5.32 Å². The van der Waals surface area contributed by atoms with Crippen LogP contribution in [-0.4, -0.2) is 11.1 Å². The Morgan fingerprint density at radius 3 is 2.36 bits per heavy atom. The topological polar surface area (TPSA) is 75.3 Å². The number of nitrogen functional groups attached to an aromatic ring is 1. The summed E-state index contributed by atoms with van der Waals surface area (Å²) in [6, 6.07) is 6.78. The van der Waals surface area contributed by atoms with Crippen molar-refractivity contribution in [1.82, 2.24) is 0 Å². The van der Waals surface area contributed by atoms with E-state index >= 15 is 0 Å². The van der Waals surface area contributed by atoms with Gasteiger partial charge in [-0.3, -0.25) is 0 Å². The molecule has 22 heavy (non-hydrogen) atoms. The number of halogens is 4. The number of rotatable bonds is 3. The van der Waals surface area contributed by atoms with Crippen LogP contribution in [0.15, 0.2) is 36.4 Å². The van der Waals surface area contributed by atoms with Gasteiger partial charge in [-0.25, -0.2) is 4.79 Å². The van der Waals surface area contributed by atoms with Crippen molar-refractivity contribution < 1.29 is 23.1 Å². The highest BCUT2D eigenvalue weighted by atomic mass is 35.5. The summed E-state index contributed by atoms with van der Waals surface area (Å²) in [6.45, 7) is 0. The number of carboxylic acid groups (broad SMARTS) is 1.